The summed E-state index contributed by atoms with van der Waals surface area (Å²) in [6, 6.07) is -0.202. The maximum atomic E-state index is 12.3. The van der Waals surface area contributed by atoms with Gasteiger partial charge < -0.3 is 14.5 Å². The Morgan fingerprint density at radius 2 is 2.06 bits per heavy atom. The first-order valence-electron chi connectivity index (χ1n) is 6.16. The van der Waals surface area contributed by atoms with Crippen LogP contribution in [-0.2, 0) is 4.79 Å². The van der Waals surface area contributed by atoms with Crippen LogP contribution in [0, 0.1) is 11.7 Å². The van der Waals surface area contributed by atoms with Gasteiger partial charge in [-0.15, -0.1) is 0 Å². The van der Waals surface area contributed by atoms with Gasteiger partial charge in [0.15, 0.2) is 4.77 Å². The summed E-state index contributed by atoms with van der Waals surface area (Å²) in [6.45, 7) is 5.67. The SMILES string of the molecule is Cc1c[nH]c(=S)n1C(C)C(=O)N1CCCCC1. The number of nitrogens with one attached hydrogen (secondary N) is 1. The van der Waals surface area contributed by atoms with Crippen molar-refractivity contribution in [3.05, 3.63) is 16.7 Å². The second-order valence-corrected chi connectivity index (χ2v) is 5.05. The minimum Gasteiger partial charge on any atom is -0.341 e. The van der Waals surface area contributed by atoms with E-state index in [0.717, 1.165) is 31.6 Å². The largest absolute Gasteiger partial charge is 0.341 e. The van der Waals surface area contributed by atoms with Crippen LogP contribution in [0.25, 0.3) is 0 Å². The molecule has 1 amide bonds. The maximum absolute atomic E-state index is 12.3. The summed E-state index contributed by atoms with van der Waals surface area (Å²) in [4.78, 5) is 17.3. The molecule has 1 aliphatic rings. The zero-order valence-corrected chi connectivity index (χ0v) is 11.2. The molecule has 2 heterocycles. The lowest BCUT2D eigenvalue weighted by molar-refractivity contribution is -0.135. The van der Waals surface area contributed by atoms with Gasteiger partial charge in [-0.05, 0) is 45.3 Å². The van der Waals surface area contributed by atoms with Crippen LogP contribution in [0.5, 0.6) is 0 Å². The van der Waals surface area contributed by atoms with E-state index >= 15 is 0 Å². The molecular weight excluding hydrogens is 234 g/mol. The van der Waals surface area contributed by atoms with Crippen LogP contribution in [0.1, 0.15) is 37.9 Å². The lowest BCUT2D eigenvalue weighted by atomic mass is 10.1. The first-order chi connectivity index (χ1) is 8.11. The Bertz CT molecular complexity index is 457. The molecule has 0 spiro atoms. The van der Waals surface area contributed by atoms with Crippen molar-refractivity contribution < 1.29 is 4.79 Å². The molecule has 1 saturated heterocycles. The molecule has 1 aliphatic heterocycles. The lowest BCUT2D eigenvalue weighted by Gasteiger charge is -2.29. The molecule has 0 saturated carbocycles. The van der Waals surface area contributed by atoms with Crippen molar-refractivity contribution in [2.24, 2.45) is 0 Å². The summed E-state index contributed by atoms with van der Waals surface area (Å²) in [5.41, 5.74) is 1.01. The van der Waals surface area contributed by atoms with Gasteiger partial charge in [0, 0.05) is 25.0 Å². The van der Waals surface area contributed by atoms with Gasteiger partial charge >= 0.3 is 0 Å². The van der Waals surface area contributed by atoms with E-state index in [-0.39, 0.29) is 11.9 Å². The Kier molecular flexibility index (Phi) is 3.66. The molecule has 1 fully saturated rings. The molecule has 1 unspecified atom stereocenters. The van der Waals surface area contributed by atoms with Gasteiger partial charge in [-0.2, -0.15) is 0 Å². The molecular formula is C12H19N3OS. The van der Waals surface area contributed by atoms with Gasteiger partial charge in [-0.1, -0.05) is 0 Å². The second-order valence-electron chi connectivity index (χ2n) is 4.67. The maximum Gasteiger partial charge on any atom is 0.245 e. The molecule has 1 atom stereocenters. The van der Waals surface area contributed by atoms with Gasteiger partial charge in [0.05, 0.1) is 0 Å². The smallest absolute Gasteiger partial charge is 0.245 e. The van der Waals surface area contributed by atoms with E-state index in [2.05, 4.69) is 4.98 Å². The molecule has 17 heavy (non-hydrogen) atoms. The number of aromatic nitrogens is 2. The number of imidazole rings is 1. The van der Waals surface area contributed by atoms with E-state index in [1.165, 1.54) is 6.42 Å². The summed E-state index contributed by atoms with van der Waals surface area (Å²) in [5, 5.41) is 0. The molecule has 1 aromatic rings. The average Bonchev–Trinajstić information content (AvgIpc) is 2.68. The topological polar surface area (TPSA) is 41.0 Å². The number of hydrogen-bond donors (Lipinski definition) is 1. The Labute approximate surface area is 107 Å². The summed E-state index contributed by atoms with van der Waals surface area (Å²) in [7, 11) is 0. The second kappa shape index (κ2) is 5.04. The molecule has 0 bridgehead atoms. The molecule has 4 nitrogen and oxygen atoms in total. The average molecular weight is 253 g/mol. The third kappa shape index (κ3) is 2.44. The van der Waals surface area contributed by atoms with Crippen molar-refractivity contribution >= 4 is 18.1 Å². The van der Waals surface area contributed by atoms with Crippen LogP contribution < -0.4 is 0 Å². The van der Waals surface area contributed by atoms with Crippen molar-refractivity contribution in [3.8, 4) is 0 Å². The van der Waals surface area contributed by atoms with Crippen molar-refractivity contribution in [2.45, 2.75) is 39.2 Å². The van der Waals surface area contributed by atoms with Gasteiger partial charge in [0.2, 0.25) is 5.91 Å². The molecule has 1 aromatic heterocycles. The lowest BCUT2D eigenvalue weighted by Crippen LogP contribution is -2.39. The molecule has 0 aliphatic carbocycles. The molecule has 1 N–H and O–H groups in total. The molecule has 5 heteroatoms. The first-order valence-corrected chi connectivity index (χ1v) is 6.57. The summed E-state index contributed by atoms with van der Waals surface area (Å²) < 4.78 is 2.52. The monoisotopic (exact) mass is 253 g/mol. The fraction of sp³-hybridized carbons (Fsp3) is 0.667. The van der Waals surface area contributed by atoms with Gasteiger partial charge in [-0.3, -0.25) is 4.79 Å². The highest BCUT2D eigenvalue weighted by Crippen LogP contribution is 2.17. The molecule has 2 rings (SSSR count). The number of H-pyrrole nitrogens is 1. The number of carbonyl (C=O) groups is 1. The summed E-state index contributed by atoms with van der Waals surface area (Å²) >= 11 is 5.21. The zero-order chi connectivity index (χ0) is 12.4. The van der Waals surface area contributed by atoms with Crippen LogP contribution in [0.3, 0.4) is 0 Å². The predicted octanol–water partition coefficient (Wildman–Crippen LogP) is 2.43. The zero-order valence-electron chi connectivity index (χ0n) is 10.4. The Balaban J connectivity index is 2.17. The number of rotatable bonds is 2. The quantitative estimate of drug-likeness (QED) is 0.822. The van der Waals surface area contributed by atoms with E-state index < -0.39 is 0 Å². The highest BCUT2D eigenvalue weighted by Gasteiger charge is 2.24. The third-order valence-electron chi connectivity index (χ3n) is 3.42. The summed E-state index contributed by atoms with van der Waals surface area (Å²) in [6.07, 6.45) is 5.33. The van der Waals surface area contributed by atoms with E-state index in [1.54, 1.807) is 0 Å². The fourth-order valence-corrected chi connectivity index (χ4v) is 2.80. The van der Waals surface area contributed by atoms with E-state index in [9.17, 15) is 4.79 Å². The number of hydrogen-bond acceptors (Lipinski definition) is 2. The number of nitrogens with zero attached hydrogens (tertiary/aromatic N) is 2. The van der Waals surface area contributed by atoms with Gasteiger partial charge in [-0.25, -0.2) is 0 Å². The minimum atomic E-state index is -0.202. The standard InChI is InChI=1S/C12H19N3OS/c1-9-8-13-12(17)15(9)10(2)11(16)14-6-4-3-5-7-14/h8,10H,3-7H2,1-2H3,(H,13,17). The van der Waals surface area contributed by atoms with Crippen molar-refractivity contribution in [2.75, 3.05) is 13.1 Å². The Hall–Kier alpha value is -1.10. The Morgan fingerprint density at radius 3 is 2.59 bits per heavy atom. The highest BCUT2D eigenvalue weighted by molar-refractivity contribution is 7.71. The van der Waals surface area contributed by atoms with E-state index in [4.69, 9.17) is 12.2 Å². The van der Waals surface area contributed by atoms with Crippen molar-refractivity contribution in [1.29, 1.82) is 0 Å². The molecule has 0 aromatic carbocycles. The number of aryl methyl sites for hydroxylation is 1. The number of likely N-dealkylation sites (tertiary alicyclic amines) is 1. The van der Waals surface area contributed by atoms with Crippen molar-refractivity contribution in [3.63, 3.8) is 0 Å². The third-order valence-corrected chi connectivity index (χ3v) is 3.73. The van der Waals surface area contributed by atoms with Crippen molar-refractivity contribution in [1.82, 2.24) is 14.5 Å². The summed E-state index contributed by atoms with van der Waals surface area (Å²) in [5.74, 6) is 0.184. The van der Waals surface area contributed by atoms with Gasteiger partial charge in [0.1, 0.15) is 6.04 Å². The minimum absolute atomic E-state index is 0.184. The van der Waals surface area contributed by atoms with Crippen LogP contribution in [0.15, 0.2) is 6.20 Å². The van der Waals surface area contributed by atoms with E-state index in [1.807, 2.05) is 29.5 Å². The van der Waals surface area contributed by atoms with E-state index in [0.29, 0.717) is 4.77 Å². The molecule has 94 valence electrons. The van der Waals surface area contributed by atoms with Crippen LogP contribution in [0.4, 0.5) is 0 Å². The predicted molar refractivity (Wildman–Crippen MR) is 69.5 cm³/mol. The first kappa shape index (κ1) is 12.4. The number of piperidine rings is 1. The number of carbonyl (C=O) groups excluding carboxylic acids is 1. The van der Waals surface area contributed by atoms with Crippen LogP contribution in [0.2, 0.25) is 0 Å². The Morgan fingerprint density at radius 1 is 1.41 bits per heavy atom. The number of amides is 1. The fourth-order valence-electron chi connectivity index (χ4n) is 2.44. The number of aromatic amines is 1. The van der Waals surface area contributed by atoms with Gasteiger partial charge in [0.25, 0.3) is 0 Å². The highest BCUT2D eigenvalue weighted by atomic mass is 32.1. The normalized spacial score (nSPS) is 18.1. The van der Waals surface area contributed by atoms with Crippen LogP contribution in [-0.4, -0.2) is 33.4 Å². The molecule has 0 radical (unpaired) electrons. The van der Waals surface area contributed by atoms with Crippen LogP contribution >= 0.6 is 12.2 Å².